The fourth-order valence-electron chi connectivity index (χ4n) is 4.32. The number of benzene rings is 3. The van der Waals surface area contributed by atoms with Crippen LogP contribution in [0.2, 0.25) is 0 Å². The molecule has 0 fully saturated rings. The number of anilines is 1. The van der Waals surface area contributed by atoms with Gasteiger partial charge in [0.15, 0.2) is 0 Å². The third kappa shape index (κ3) is 3.54. The minimum atomic E-state index is -0.688. The summed E-state index contributed by atoms with van der Waals surface area (Å²) < 4.78 is 30.4. The molecule has 32 heavy (non-hydrogen) atoms. The number of hydrogen-bond acceptors (Lipinski definition) is 1. The number of rotatable bonds is 2. The lowest BCUT2D eigenvalue weighted by Gasteiger charge is -2.31. The number of nitrogens with one attached hydrogen (secondary N) is 1. The number of amides is 2. The Hall–Kier alpha value is -3.93. The molecule has 0 bridgehead atoms. The number of urea groups is 1. The first kappa shape index (κ1) is 20.0. The van der Waals surface area contributed by atoms with Crippen LogP contribution in [0.15, 0.2) is 85.1 Å². The number of carbonyl (C=O) groups is 1. The zero-order valence-corrected chi connectivity index (χ0v) is 17.4. The molecule has 4 aromatic rings. The maximum absolute atomic E-state index is 14.2. The Morgan fingerprint density at radius 3 is 2.44 bits per heavy atom. The van der Waals surface area contributed by atoms with Crippen molar-refractivity contribution in [2.75, 3.05) is 5.32 Å². The predicted octanol–water partition coefficient (Wildman–Crippen LogP) is 6.20. The third-order valence-corrected chi connectivity index (χ3v) is 5.81. The molecule has 0 saturated carbocycles. The molecule has 0 saturated heterocycles. The van der Waals surface area contributed by atoms with Crippen molar-refractivity contribution in [3.05, 3.63) is 119 Å². The largest absolute Gasteiger partial charge is 0.322 e. The van der Waals surface area contributed by atoms with Crippen LogP contribution in [0.1, 0.15) is 28.4 Å². The second-order valence-corrected chi connectivity index (χ2v) is 7.91. The Morgan fingerprint density at radius 2 is 1.66 bits per heavy atom. The number of hydrogen-bond donors (Lipinski definition) is 1. The fourth-order valence-corrected chi connectivity index (χ4v) is 4.32. The zero-order valence-electron chi connectivity index (χ0n) is 17.4. The van der Waals surface area contributed by atoms with Gasteiger partial charge in [0, 0.05) is 23.6 Å². The smallest absolute Gasteiger partial charge is 0.318 e. The zero-order chi connectivity index (χ0) is 22.2. The lowest BCUT2D eigenvalue weighted by molar-refractivity contribution is 0.194. The van der Waals surface area contributed by atoms with Crippen LogP contribution in [-0.2, 0) is 6.54 Å². The van der Waals surface area contributed by atoms with Gasteiger partial charge < -0.3 is 14.8 Å². The van der Waals surface area contributed by atoms with E-state index < -0.39 is 17.7 Å². The molecule has 0 spiro atoms. The van der Waals surface area contributed by atoms with Crippen LogP contribution in [0.4, 0.5) is 19.3 Å². The third-order valence-electron chi connectivity index (χ3n) is 5.81. The first-order valence-electron chi connectivity index (χ1n) is 10.4. The molecule has 160 valence electrons. The monoisotopic (exact) mass is 429 g/mol. The van der Waals surface area contributed by atoms with Crippen LogP contribution >= 0.6 is 0 Å². The van der Waals surface area contributed by atoms with Crippen molar-refractivity contribution in [3.8, 4) is 5.69 Å². The number of para-hydroxylation sites is 2. The highest BCUT2D eigenvalue weighted by Gasteiger charge is 2.33. The molecule has 2 heterocycles. The Balaban J connectivity index is 1.67. The van der Waals surface area contributed by atoms with Crippen molar-refractivity contribution in [3.63, 3.8) is 0 Å². The second kappa shape index (κ2) is 7.96. The molecule has 5 rings (SSSR count). The quantitative estimate of drug-likeness (QED) is 0.405. The molecule has 0 aliphatic carbocycles. The van der Waals surface area contributed by atoms with Gasteiger partial charge in [-0.3, -0.25) is 0 Å². The van der Waals surface area contributed by atoms with Gasteiger partial charge in [0.2, 0.25) is 0 Å². The van der Waals surface area contributed by atoms with Gasteiger partial charge in [0.1, 0.15) is 11.6 Å². The lowest BCUT2D eigenvalue weighted by Crippen LogP contribution is -2.38. The molecule has 1 aliphatic heterocycles. The lowest BCUT2D eigenvalue weighted by atomic mass is 10.0. The highest BCUT2D eigenvalue weighted by molar-refractivity contribution is 5.91. The molecule has 4 nitrogen and oxygen atoms in total. The first-order chi connectivity index (χ1) is 15.5. The van der Waals surface area contributed by atoms with Gasteiger partial charge in [-0.05, 0) is 60.0 Å². The average Bonchev–Trinajstić information content (AvgIpc) is 3.18. The van der Waals surface area contributed by atoms with Gasteiger partial charge in [-0.15, -0.1) is 0 Å². The number of carbonyl (C=O) groups excluding carboxylic acids is 1. The SMILES string of the molecule is Cc1ccccc1NC(=O)N1Cc2ccccc2-n2cccc2[C@H]1c1cc(F)cc(F)c1. The summed E-state index contributed by atoms with van der Waals surface area (Å²) in [5.74, 6) is -1.36. The first-order valence-corrected chi connectivity index (χ1v) is 10.4. The summed E-state index contributed by atoms with van der Waals surface area (Å²) in [5, 5.41) is 2.98. The van der Waals surface area contributed by atoms with Gasteiger partial charge in [0.25, 0.3) is 0 Å². The maximum atomic E-state index is 14.2. The van der Waals surface area contributed by atoms with E-state index in [1.807, 2.05) is 78.4 Å². The van der Waals surface area contributed by atoms with Crippen LogP contribution < -0.4 is 5.32 Å². The summed E-state index contributed by atoms with van der Waals surface area (Å²) in [6, 6.07) is 21.4. The van der Waals surface area contributed by atoms with Gasteiger partial charge in [-0.1, -0.05) is 36.4 Å². The van der Waals surface area contributed by atoms with E-state index in [1.54, 1.807) is 4.90 Å². The summed E-state index contributed by atoms with van der Waals surface area (Å²) in [7, 11) is 0. The molecule has 3 aromatic carbocycles. The minimum absolute atomic E-state index is 0.276. The van der Waals surface area contributed by atoms with Crippen molar-refractivity contribution in [1.82, 2.24) is 9.47 Å². The molecule has 1 atom stereocenters. The van der Waals surface area contributed by atoms with Crippen molar-refractivity contribution in [1.29, 1.82) is 0 Å². The molecule has 1 aromatic heterocycles. The molecular formula is C26H21F2N3O. The van der Waals surface area contributed by atoms with Gasteiger partial charge in [-0.2, -0.15) is 0 Å². The van der Waals surface area contributed by atoms with Crippen molar-refractivity contribution < 1.29 is 13.6 Å². The number of halogens is 2. The Morgan fingerprint density at radius 1 is 0.938 bits per heavy atom. The normalized spacial score (nSPS) is 15.0. The molecule has 1 N–H and O–H groups in total. The van der Waals surface area contributed by atoms with Crippen LogP contribution in [0, 0.1) is 18.6 Å². The molecular weight excluding hydrogens is 408 g/mol. The molecule has 6 heteroatoms. The fraction of sp³-hybridized carbons (Fsp3) is 0.115. The predicted molar refractivity (Wildman–Crippen MR) is 120 cm³/mol. The van der Waals surface area contributed by atoms with Crippen LogP contribution in [0.5, 0.6) is 0 Å². The number of nitrogens with zero attached hydrogens (tertiary/aromatic N) is 2. The van der Waals surface area contributed by atoms with Crippen LogP contribution in [-0.4, -0.2) is 15.5 Å². The van der Waals surface area contributed by atoms with Gasteiger partial charge in [-0.25, -0.2) is 13.6 Å². The molecule has 0 radical (unpaired) electrons. The van der Waals surface area contributed by atoms with E-state index in [0.29, 0.717) is 11.3 Å². The van der Waals surface area contributed by atoms with E-state index in [4.69, 9.17) is 0 Å². The summed E-state index contributed by atoms with van der Waals surface area (Å²) >= 11 is 0. The number of aromatic nitrogens is 1. The van der Waals surface area contributed by atoms with Crippen molar-refractivity contribution in [2.24, 2.45) is 0 Å². The van der Waals surface area contributed by atoms with Gasteiger partial charge >= 0.3 is 6.03 Å². The second-order valence-electron chi connectivity index (χ2n) is 7.91. The van der Waals surface area contributed by atoms with E-state index in [2.05, 4.69) is 5.32 Å². The molecule has 2 amide bonds. The van der Waals surface area contributed by atoms with E-state index in [9.17, 15) is 13.6 Å². The summed E-state index contributed by atoms with van der Waals surface area (Å²) in [6.07, 6.45) is 1.90. The summed E-state index contributed by atoms with van der Waals surface area (Å²) in [4.78, 5) is 15.2. The van der Waals surface area contributed by atoms with Crippen LogP contribution in [0.3, 0.4) is 0 Å². The Kier molecular flexibility index (Phi) is 4.98. The topological polar surface area (TPSA) is 37.3 Å². The van der Waals surface area contributed by atoms with E-state index in [-0.39, 0.29) is 12.6 Å². The highest BCUT2D eigenvalue weighted by Crippen LogP contribution is 2.37. The van der Waals surface area contributed by atoms with Crippen molar-refractivity contribution in [2.45, 2.75) is 19.5 Å². The molecule has 0 unspecified atom stereocenters. The highest BCUT2D eigenvalue weighted by atomic mass is 19.1. The van der Waals surface area contributed by atoms with E-state index in [1.165, 1.54) is 12.1 Å². The Labute approximate surface area is 184 Å². The number of fused-ring (bicyclic) bond motifs is 3. The standard InChI is InChI=1S/C26H21F2N3O/c1-17-7-2-4-9-22(17)29-26(32)31-16-18-8-3-5-10-23(18)30-12-6-11-24(30)25(31)19-13-20(27)15-21(28)14-19/h2-15,25H,16H2,1H3,(H,29,32)/t25-/m1/s1. The van der Waals surface area contributed by atoms with Crippen LogP contribution in [0.25, 0.3) is 5.69 Å². The number of aryl methyl sites for hydroxylation is 1. The summed E-state index contributed by atoms with van der Waals surface area (Å²) in [5.41, 5.74) is 4.60. The summed E-state index contributed by atoms with van der Waals surface area (Å²) in [6.45, 7) is 2.19. The van der Waals surface area contributed by atoms with E-state index in [0.717, 1.165) is 28.6 Å². The van der Waals surface area contributed by atoms with E-state index >= 15 is 0 Å². The van der Waals surface area contributed by atoms with Crippen molar-refractivity contribution >= 4 is 11.7 Å². The minimum Gasteiger partial charge on any atom is -0.318 e. The maximum Gasteiger partial charge on any atom is 0.322 e. The Bertz CT molecular complexity index is 1290. The average molecular weight is 429 g/mol. The molecule has 1 aliphatic rings. The van der Waals surface area contributed by atoms with Gasteiger partial charge in [0.05, 0.1) is 18.3 Å².